The van der Waals surface area contributed by atoms with Crippen molar-refractivity contribution in [3.8, 4) is 0 Å². The molecular weight excluding hydrogens is 188 g/mol. The Hall–Kier alpha value is 0.660. The van der Waals surface area contributed by atoms with Crippen LogP contribution in [-0.2, 0) is 4.79 Å². The summed E-state index contributed by atoms with van der Waals surface area (Å²) in [4.78, 5) is 10.7. The van der Waals surface area contributed by atoms with E-state index in [9.17, 15) is 4.79 Å². The highest BCUT2D eigenvalue weighted by molar-refractivity contribution is 8.22. The fraction of sp³-hybridized carbons (Fsp3) is 0.833. The van der Waals surface area contributed by atoms with Gasteiger partial charge in [0.25, 0.3) is 0 Å². The van der Waals surface area contributed by atoms with E-state index in [1.807, 2.05) is 0 Å². The maximum absolute atomic E-state index is 10.7. The van der Waals surface area contributed by atoms with Crippen molar-refractivity contribution >= 4 is 40.4 Å². The van der Waals surface area contributed by atoms with Crippen molar-refractivity contribution in [2.45, 2.75) is 28.9 Å². The van der Waals surface area contributed by atoms with Crippen molar-refractivity contribution in [2.24, 2.45) is 0 Å². The molecule has 4 heteroatoms. The third-order valence-electron chi connectivity index (χ3n) is 1.52. The number of carbonyl (C=O) groups excluding carboxylic acids is 1. The second-order valence-electron chi connectivity index (χ2n) is 2.32. The van der Waals surface area contributed by atoms with Gasteiger partial charge in [-0.05, 0) is 11.6 Å². The summed E-state index contributed by atoms with van der Waals surface area (Å²) in [6.07, 6.45) is 0. The summed E-state index contributed by atoms with van der Waals surface area (Å²) in [7, 11) is 0. The largest absolute Gasteiger partial charge is 0.279 e. The summed E-state index contributed by atoms with van der Waals surface area (Å²) in [6, 6.07) is 0. The van der Waals surface area contributed by atoms with E-state index < -0.39 is 0 Å². The van der Waals surface area contributed by atoms with Crippen LogP contribution in [0.4, 0.5) is 0 Å². The van der Waals surface area contributed by atoms with Crippen LogP contribution in [0.1, 0.15) is 13.8 Å². The number of thioether (sulfide) groups is 2. The third kappa shape index (κ3) is 1.83. The Kier molecular flexibility index (Phi) is 2.95. The molecule has 0 aromatic rings. The molecule has 0 bridgehead atoms. The van der Waals surface area contributed by atoms with E-state index in [2.05, 4.69) is 13.8 Å². The summed E-state index contributed by atoms with van der Waals surface area (Å²) in [5, 5.41) is 0.890. The van der Waals surface area contributed by atoms with Gasteiger partial charge in [-0.15, -0.1) is 23.5 Å². The van der Waals surface area contributed by atoms with Gasteiger partial charge in [-0.1, -0.05) is 13.8 Å². The molecule has 0 aromatic carbocycles. The van der Waals surface area contributed by atoms with Crippen LogP contribution in [0.3, 0.4) is 0 Å². The van der Waals surface area contributed by atoms with Crippen molar-refractivity contribution in [1.82, 2.24) is 0 Å². The SMILES string of the molecule is C[C@@H]1SC(C(=O)Cl)S[C@H]1C. The van der Waals surface area contributed by atoms with E-state index in [1.165, 1.54) is 0 Å². The van der Waals surface area contributed by atoms with Crippen LogP contribution in [0, 0.1) is 0 Å². The molecule has 0 amide bonds. The molecule has 1 rings (SSSR count). The number of halogens is 1. The van der Waals surface area contributed by atoms with E-state index in [0.29, 0.717) is 10.5 Å². The zero-order chi connectivity index (χ0) is 7.72. The Morgan fingerprint density at radius 3 is 1.90 bits per heavy atom. The molecule has 2 atom stereocenters. The average Bonchev–Trinajstić information content (AvgIpc) is 2.13. The maximum Gasteiger partial charge on any atom is 0.244 e. The first-order valence-electron chi connectivity index (χ1n) is 3.11. The van der Waals surface area contributed by atoms with Crippen molar-refractivity contribution in [3.05, 3.63) is 0 Å². The molecule has 0 aliphatic carbocycles. The smallest absolute Gasteiger partial charge is 0.244 e. The molecule has 0 radical (unpaired) electrons. The average molecular weight is 197 g/mol. The third-order valence-corrected chi connectivity index (χ3v) is 5.44. The Balaban J connectivity index is 2.49. The van der Waals surface area contributed by atoms with Crippen molar-refractivity contribution in [1.29, 1.82) is 0 Å². The van der Waals surface area contributed by atoms with Gasteiger partial charge in [-0.2, -0.15) is 0 Å². The van der Waals surface area contributed by atoms with Crippen molar-refractivity contribution < 1.29 is 4.79 Å². The first kappa shape index (κ1) is 8.75. The van der Waals surface area contributed by atoms with Gasteiger partial charge in [-0.3, -0.25) is 4.79 Å². The minimum absolute atomic E-state index is 0.0216. The van der Waals surface area contributed by atoms with Gasteiger partial charge in [0.1, 0.15) is 4.58 Å². The number of hydrogen-bond acceptors (Lipinski definition) is 3. The molecule has 0 aromatic heterocycles. The number of rotatable bonds is 1. The monoisotopic (exact) mass is 196 g/mol. The van der Waals surface area contributed by atoms with Crippen LogP contribution in [0.15, 0.2) is 0 Å². The minimum atomic E-state index is -0.216. The molecule has 58 valence electrons. The van der Waals surface area contributed by atoms with Crippen LogP contribution < -0.4 is 0 Å². The Bertz CT molecular complexity index is 141. The highest BCUT2D eigenvalue weighted by Crippen LogP contribution is 2.43. The molecule has 0 spiro atoms. The molecule has 1 aliphatic heterocycles. The Morgan fingerprint density at radius 1 is 1.30 bits per heavy atom. The molecule has 0 N–H and O–H groups in total. The predicted molar refractivity (Wildman–Crippen MR) is 48.8 cm³/mol. The molecule has 10 heavy (non-hydrogen) atoms. The molecule has 1 heterocycles. The second-order valence-corrected chi connectivity index (χ2v) is 5.96. The zero-order valence-corrected chi connectivity index (χ0v) is 8.22. The van der Waals surface area contributed by atoms with Gasteiger partial charge in [0.15, 0.2) is 0 Å². The lowest BCUT2D eigenvalue weighted by Gasteiger charge is -2.02. The van der Waals surface area contributed by atoms with Crippen molar-refractivity contribution in [2.75, 3.05) is 0 Å². The highest BCUT2D eigenvalue weighted by atomic mass is 35.5. The van der Waals surface area contributed by atoms with E-state index in [0.717, 1.165) is 0 Å². The van der Waals surface area contributed by atoms with Gasteiger partial charge in [0.05, 0.1) is 0 Å². The standard InChI is InChI=1S/C6H9ClOS2/c1-3-4(2)10-6(9-3)5(7)8/h3-4,6H,1-2H3/t3-,4-/m0/s1. The second kappa shape index (κ2) is 3.37. The van der Waals surface area contributed by atoms with Crippen molar-refractivity contribution in [3.63, 3.8) is 0 Å². The summed E-state index contributed by atoms with van der Waals surface area (Å²) in [6.45, 7) is 4.25. The normalized spacial score (nSPS) is 34.7. The van der Waals surface area contributed by atoms with Crippen LogP contribution in [0.25, 0.3) is 0 Å². The maximum atomic E-state index is 10.7. The van der Waals surface area contributed by atoms with Gasteiger partial charge < -0.3 is 0 Å². The van der Waals surface area contributed by atoms with Gasteiger partial charge in [-0.25, -0.2) is 0 Å². The molecule has 1 saturated heterocycles. The quantitative estimate of drug-likeness (QED) is 0.600. The minimum Gasteiger partial charge on any atom is -0.279 e. The molecule has 0 saturated carbocycles. The molecule has 1 nitrogen and oxygen atoms in total. The van der Waals surface area contributed by atoms with Crippen LogP contribution in [0.5, 0.6) is 0 Å². The lowest BCUT2D eigenvalue weighted by molar-refractivity contribution is -0.110. The first-order chi connectivity index (χ1) is 4.61. The number of carbonyl (C=O) groups is 1. The van der Waals surface area contributed by atoms with E-state index in [4.69, 9.17) is 11.6 Å². The van der Waals surface area contributed by atoms with Gasteiger partial charge >= 0.3 is 0 Å². The topological polar surface area (TPSA) is 17.1 Å². The van der Waals surface area contributed by atoms with Crippen LogP contribution >= 0.6 is 35.1 Å². The fourth-order valence-corrected chi connectivity index (χ4v) is 4.19. The number of hydrogen-bond donors (Lipinski definition) is 0. The predicted octanol–water partition coefficient (Wildman–Crippen LogP) is 2.33. The van der Waals surface area contributed by atoms with E-state index in [1.54, 1.807) is 23.5 Å². The molecular formula is C6H9ClOS2. The summed E-state index contributed by atoms with van der Waals surface area (Å²) >= 11 is 8.66. The van der Waals surface area contributed by atoms with Gasteiger partial charge in [0, 0.05) is 10.5 Å². The fourth-order valence-electron chi connectivity index (χ4n) is 0.750. The molecule has 1 fully saturated rings. The lowest BCUT2D eigenvalue weighted by Crippen LogP contribution is -2.04. The Labute approximate surface area is 74.3 Å². The van der Waals surface area contributed by atoms with E-state index in [-0.39, 0.29) is 9.82 Å². The highest BCUT2D eigenvalue weighted by Gasteiger charge is 2.33. The van der Waals surface area contributed by atoms with Gasteiger partial charge in [0.2, 0.25) is 5.24 Å². The lowest BCUT2D eigenvalue weighted by atomic mass is 10.4. The first-order valence-corrected chi connectivity index (χ1v) is 5.38. The summed E-state index contributed by atoms with van der Waals surface area (Å²) in [5.41, 5.74) is 0. The molecule has 1 aliphatic rings. The summed E-state index contributed by atoms with van der Waals surface area (Å²) < 4.78 is -0.0216. The van der Waals surface area contributed by atoms with Crippen LogP contribution in [-0.4, -0.2) is 20.3 Å². The van der Waals surface area contributed by atoms with E-state index >= 15 is 0 Å². The van der Waals surface area contributed by atoms with Crippen LogP contribution in [0.2, 0.25) is 0 Å². The summed E-state index contributed by atoms with van der Waals surface area (Å²) in [5.74, 6) is 0. The Morgan fingerprint density at radius 2 is 1.70 bits per heavy atom. The zero-order valence-electron chi connectivity index (χ0n) is 5.83. The molecule has 0 unspecified atom stereocenters.